The number of carbonyl (C=O) groups is 1. The number of nitrogens with zero attached hydrogens (tertiary/aromatic N) is 1. The first-order valence-electron chi connectivity index (χ1n) is 6.56. The van der Waals surface area contributed by atoms with Gasteiger partial charge in [0.2, 0.25) is 0 Å². The molecule has 110 valence electrons. The summed E-state index contributed by atoms with van der Waals surface area (Å²) in [6.07, 6.45) is 8.20. The van der Waals surface area contributed by atoms with Crippen LogP contribution in [0.5, 0.6) is 0 Å². The largest absolute Gasteiger partial charge is 0.348 e. The lowest BCUT2D eigenvalue weighted by atomic mass is 10.1. The van der Waals surface area contributed by atoms with Gasteiger partial charge in [-0.05, 0) is 30.5 Å². The van der Waals surface area contributed by atoms with Crippen molar-refractivity contribution in [1.82, 2.24) is 5.32 Å². The number of halogens is 1. The van der Waals surface area contributed by atoms with Crippen molar-refractivity contribution in [3.05, 3.63) is 57.5 Å². The van der Waals surface area contributed by atoms with Crippen LogP contribution in [0.25, 0.3) is 0 Å². The molecule has 0 saturated heterocycles. The van der Waals surface area contributed by atoms with Crippen LogP contribution in [-0.4, -0.2) is 24.5 Å². The predicted molar refractivity (Wildman–Crippen MR) is 80.5 cm³/mol. The Morgan fingerprint density at radius 3 is 2.90 bits per heavy atom. The molecular formula is C15H16ClN2O3+. The first kappa shape index (κ1) is 15.3. The lowest BCUT2D eigenvalue weighted by Crippen LogP contribution is -2.25. The van der Waals surface area contributed by atoms with Gasteiger partial charge in [-0.15, -0.1) is 0 Å². The molecule has 1 aromatic carbocycles. The zero-order valence-electron chi connectivity index (χ0n) is 11.6. The van der Waals surface area contributed by atoms with Gasteiger partial charge >= 0.3 is 5.69 Å². The van der Waals surface area contributed by atoms with Crippen LogP contribution in [0.1, 0.15) is 23.2 Å². The highest BCUT2D eigenvalue weighted by Gasteiger charge is 2.22. The lowest BCUT2D eigenvalue weighted by molar-refractivity contribution is -0.736. The van der Waals surface area contributed by atoms with E-state index in [4.69, 9.17) is 11.6 Å². The van der Waals surface area contributed by atoms with Crippen molar-refractivity contribution in [2.45, 2.75) is 12.8 Å². The lowest BCUT2D eigenvalue weighted by Gasteiger charge is -2.08. The van der Waals surface area contributed by atoms with Crippen LogP contribution in [0.4, 0.5) is 5.69 Å². The van der Waals surface area contributed by atoms with Gasteiger partial charge in [0.25, 0.3) is 10.8 Å². The van der Waals surface area contributed by atoms with Crippen molar-refractivity contribution in [2.24, 2.45) is 0 Å². The summed E-state index contributed by atoms with van der Waals surface area (Å²) in [5, 5.41) is 3.03. The third kappa shape index (κ3) is 3.92. The third-order valence-corrected chi connectivity index (χ3v) is 3.42. The van der Waals surface area contributed by atoms with E-state index in [0.717, 1.165) is 18.4 Å². The summed E-state index contributed by atoms with van der Waals surface area (Å²) in [6.45, 7) is 0.457. The van der Waals surface area contributed by atoms with E-state index in [9.17, 15) is 9.70 Å². The van der Waals surface area contributed by atoms with Crippen LogP contribution in [0, 0.1) is 4.91 Å². The summed E-state index contributed by atoms with van der Waals surface area (Å²) < 4.78 is 0. The molecule has 2 rings (SSSR count). The molecule has 0 radical (unpaired) electrons. The first-order chi connectivity index (χ1) is 10.1. The zero-order chi connectivity index (χ0) is 15.2. The van der Waals surface area contributed by atoms with Crippen molar-refractivity contribution in [1.29, 1.82) is 0 Å². The molecule has 1 N–H and O–H groups in total. The highest BCUT2D eigenvalue weighted by molar-refractivity contribution is 6.32. The standard InChI is InChI=1S/C15H15ClN2O3/c1-21-18(20)14-9-12(7-8-13(14)16)15(19)17-10-11-5-3-2-4-6-11/h3,5-9H,2,4,10H2,1H3/p+1. The van der Waals surface area contributed by atoms with Crippen molar-refractivity contribution in [3.8, 4) is 0 Å². The Morgan fingerprint density at radius 2 is 2.24 bits per heavy atom. The van der Waals surface area contributed by atoms with E-state index in [1.807, 2.05) is 6.08 Å². The molecule has 0 fully saturated rings. The highest BCUT2D eigenvalue weighted by atomic mass is 35.5. The van der Waals surface area contributed by atoms with E-state index in [0.29, 0.717) is 12.1 Å². The molecule has 0 bridgehead atoms. The zero-order valence-corrected chi connectivity index (χ0v) is 12.4. The van der Waals surface area contributed by atoms with Crippen LogP contribution >= 0.6 is 11.6 Å². The molecule has 21 heavy (non-hydrogen) atoms. The van der Waals surface area contributed by atoms with E-state index >= 15 is 0 Å². The quantitative estimate of drug-likeness (QED) is 0.849. The normalized spacial score (nSPS) is 13.5. The SMILES string of the molecule is CO[N+](=O)c1cc(C(=O)NCC2=CCCC=C2)ccc1Cl. The van der Waals surface area contributed by atoms with Gasteiger partial charge in [-0.25, -0.2) is 4.84 Å². The van der Waals surface area contributed by atoms with Crippen LogP contribution < -0.4 is 5.32 Å². The van der Waals surface area contributed by atoms with Crippen molar-refractivity contribution < 1.29 is 14.6 Å². The van der Waals surface area contributed by atoms with E-state index in [2.05, 4.69) is 22.3 Å². The Hall–Kier alpha value is -2.14. The van der Waals surface area contributed by atoms with Gasteiger partial charge in [0.05, 0.1) is 4.91 Å². The van der Waals surface area contributed by atoms with Gasteiger partial charge in [-0.2, -0.15) is 0 Å². The summed E-state index contributed by atoms with van der Waals surface area (Å²) in [7, 11) is 1.23. The second-order valence-electron chi connectivity index (χ2n) is 4.55. The molecule has 0 saturated carbocycles. The molecule has 5 nitrogen and oxygen atoms in total. The molecule has 1 aromatic rings. The van der Waals surface area contributed by atoms with E-state index in [1.54, 1.807) is 6.07 Å². The van der Waals surface area contributed by atoms with Gasteiger partial charge in [0.15, 0.2) is 7.11 Å². The fraction of sp³-hybridized carbons (Fsp3) is 0.267. The molecule has 1 aliphatic carbocycles. The van der Waals surface area contributed by atoms with Crippen LogP contribution in [0.3, 0.4) is 0 Å². The number of amides is 1. The number of carbonyl (C=O) groups excluding carboxylic acids is 1. The second kappa shape index (κ2) is 7.04. The van der Waals surface area contributed by atoms with Crippen molar-refractivity contribution in [2.75, 3.05) is 13.7 Å². The molecule has 0 aromatic heterocycles. The number of nitrogens with one attached hydrogen (secondary N) is 1. The van der Waals surface area contributed by atoms with Crippen LogP contribution in [0.15, 0.2) is 42.0 Å². The van der Waals surface area contributed by atoms with Crippen molar-refractivity contribution in [3.63, 3.8) is 0 Å². The molecule has 1 aliphatic rings. The summed E-state index contributed by atoms with van der Waals surface area (Å²) in [6, 6.07) is 4.46. The minimum Gasteiger partial charge on any atom is -0.348 e. The fourth-order valence-electron chi connectivity index (χ4n) is 1.98. The minimum absolute atomic E-state index is 0.101. The molecule has 0 spiro atoms. The maximum Gasteiger partial charge on any atom is 0.335 e. The smallest absolute Gasteiger partial charge is 0.335 e. The topological polar surface area (TPSA) is 58.4 Å². The third-order valence-electron chi connectivity index (χ3n) is 3.10. The van der Waals surface area contributed by atoms with E-state index < -0.39 is 0 Å². The van der Waals surface area contributed by atoms with Gasteiger partial charge in [0.1, 0.15) is 5.02 Å². The summed E-state index contributed by atoms with van der Waals surface area (Å²) in [5.74, 6) is -0.266. The highest BCUT2D eigenvalue weighted by Crippen LogP contribution is 2.25. The Labute approximate surface area is 127 Å². The average Bonchev–Trinajstić information content (AvgIpc) is 2.53. The monoisotopic (exact) mass is 307 g/mol. The van der Waals surface area contributed by atoms with E-state index in [-0.39, 0.29) is 21.5 Å². The fourth-order valence-corrected chi connectivity index (χ4v) is 2.16. The van der Waals surface area contributed by atoms with Gasteiger partial charge in [-0.3, -0.25) is 4.79 Å². The summed E-state index contributed by atoms with van der Waals surface area (Å²) in [5.41, 5.74) is 1.53. The number of hydrogen-bond acceptors (Lipinski definition) is 3. The molecule has 0 atom stereocenters. The maximum absolute atomic E-state index is 12.1. The number of rotatable bonds is 5. The molecular weight excluding hydrogens is 292 g/mol. The molecule has 0 aliphatic heterocycles. The number of hydrogen-bond donors (Lipinski definition) is 1. The number of benzene rings is 1. The molecule has 1 amide bonds. The average molecular weight is 308 g/mol. The minimum atomic E-state index is -0.266. The second-order valence-corrected chi connectivity index (χ2v) is 4.95. The van der Waals surface area contributed by atoms with Gasteiger partial charge in [-0.1, -0.05) is 29.8 Å². The molecule has 0 heterocycles. The van der Waals surface area contributed by atoms with Crippen LogP contribution in [-0.2, 0) is 4.84 Å². The molecule has 0 unspecified atom stereocenters. The maximum atomic E-state index is 12.1. The summed E-state index contributed by atoms with van der Waals surface area (Å²) >= 11 is 5.90. The summed E-state index contributed by atoms with van der Waals surface area (Å²) in [4.78, 5) is 28.4. The van der Waals surface area contributed by atoms with Gasteiger partial charge < -0.3 is 5.32 Å². The Bertz CT molecular complexity index is 623. The Balaban J connectivity index is 2.07. The van der Waals surface area contributed by atoms with Gasteiger partial charge in [0, 0.05) is 18.2 Å². The van der Waals surface area contributed by atoms with Crippen LogP contribution in [0.2, 0.25) is 5.02 Å². The Morgan fingerprint density at radius 1 is 1.43 bits per heavy atom. The van der Waals surface area contributed by atoms with Crippen molar-refractivity contribution >= 4 is 23.2 Å². The Kier molecular flexibility index (Phi) is 5.11. The van der Waals surface area contributed by atoms with E-state index in [1.165, 1.54) is 19.2 Å². The first-order valence-corrected chi connectivity index (χ1v) is 6.94. The number of allylic oxidation sites excluding steroid dienone is 2. The molecule has 6 heteroatoms. The predicted octanol–water partition coefficient (Wildman–Crippen LogP) is 3.32.